The summed E-state index contributed by atoms with van der Waals surface area (Å²) in [6.45, 7) is 6.64. The van der Waals surface area contributed by atoms with Crippen LogP contribution in [0.15, 0.2) is 12.2 Å². The van der Waals surface area contributed by atoms with Crippen molar-refractivity contribution in [3.8, 4) is 0 Å². The van der Waals surface area contributed by atoms with Crippen molar-refractivity contribution >= 4 is 5.78 Å². The zero-order valence-corrected chi connectivity index (χ0v) is 12.5. The maximum Gasteiger partial charge on any atom is 0.136 e. The highest BCUT2D eigenvalue weighted by Gasteiger charge is 2.65. The molecule has 2 heteroatoms. The first-order chi connectivity index (χ1) is 9.47. The summed E-state index contributed by atoms with van der Waals surface area (Å²) >= 11 is 0. The number of hydrogen-bond donors (Lipinski definition) is 1. The Morgan fingerprint density at radius 3 is 2.95 bits per heavy atom. The SMILES string of the molecule is C=C1C[C@]23C[C@H]1CC[C@H]2[C@]1(C)CCCC(=O)[C@H]1C[C@@H]3O. The van der Waals surface area contributed by atoms with Gasteiger partial charge in [0.1, 0.15) is 5.78 Å². The van der Waals surface area contributed by atoms with Gasteiger partial charge >= 0.3 is 0 Å². The first-order valence-corrected chi connectivity index (χ1v) is 8.36. The van der Waals surface area contributed by atoms with Crippen molar-refractivity contribution in [2.24, 2.45) is 28.6 Å². The number of rotatable bonds is 0. The summed E-state index contributed by atoms with van der Waals surface area (Å²) in [7, 11) is 0. The smallest absolute Gasteiger partial charge is 0.136 e. The van der Waals surface area contributed by atoms with Gasteiger partial charge in [-0.2, -0.15) is 0 Å². The second kappa shape index (κ2) is 3.97. The Labute approximate surface area is 121 Å². The molecule has 1 spiro atoms. The zero-order valence-electron chi connectivity index (χ0n) is 12.5. The third-order valence-corrected chi connectivity index (χ3v) is 7.50. The summed E-state index contributed by atoms with van der Waals surface area (Å²) in [5.41, 5.74) is 1.57. The van der Waals surface area contributed by atoms with E-state index in [0.717, 1.165) is 25.7 Å². The second-order valence-corrected chi connectivity index (χ2v) is 8.23. The highest BCUT2D eigenvalue weighted by Crippen LogP contribution is 2.69. The number of carbonyl (C=O) groups is 1. The Balaban J connectivity index is 1.79. The van der Waals surface area contributed by atoms with Gasteiger partial charge in [0.25, 0.3) is 0 Å². The van der Waals surface area contributed by atoms with Gasteiger partial charge in [-0.05, 0) is 62.2 Å². The van der Waals surface area contributed by atoms with Crippen LogP contribution in [0, 0.1) is 28.6 Å². The number of aliphatic hydroxyl groups is 1. The van der Waals surface area contributed by atoms with Crippen molar-refractivity contribution in [2.45, 2.75) is 64.4 Å². The Hall–Kier alpha value is -0.630. The molecule has 0 aliphatic heterocycles. The molecule has 0 radical (unpaired) electrons. The lowest BCUT2D eigenvalue weighted by atomic mass is 9.44. The Kier molecular flexibility index (Phi) is 2.59. The molecule has 0 aromatic rings. The molecule has 0 amide bonds. The minimum Gasteiger partial charge on any atom is -0.393 e. The molecule has 4 saturated carbocycles. The normalized spacial score (nSPS) is 54.5. The molecule has 20 heavy (non-hydrogen) atoms. The van der Waals surface area contributed by atoms with Crippen LogP contribution in [0.2, 0.25) is 0 Å². The minimum absolute atomic E-state index is 0.0584. The fourth-order valence-electron chi connectivity index (χ4n) is 6.58. The first-order valence-electron chi connectivity index (χ1n) is 8.36. The van der Waals surface area contributed by atoms with Gasteiger partial charge in [-0.3, -0.25) is 4.79 Å². The van der Waals surface area contributed by atoms with Gasteiger partial charge in [0.15, 0.2) is 0 Å². The number of allylic oxidation sites excluding steroid dienone is 1. The molecule has 0 unspecified atom stereocenters. The molecule has 0 saturated heterocycles. The molecule has 4 rings (SSSR count). The molecule has 0 aromatic carbocycles. The van der Waals surface area contributed by atoms with Gasteiger partial charge in [-0.25, -0.2) is 0 Å². The average Bonchev–Trinajstić information content (AvgIpc) is 2.65. The predicted molar refractivity (Wildman–Crippen MR) is 78.1 cm³/mol. The Bertz CT molecular complexity index is 482. The largest absolute Gasteiger partial charge is 0.393 e. The van der Waals surface area contributed by atoms with Gasteiger partial charge in [0, 0.05) is 17.8 Å². The first kappa shape index (κ1) is 13.1. The summed E-state index contributed by atoms with van der Waals surface area (Å²) in [5, 5.41) is 10.9. The molecular weight excluding hydrogens is 248 g/mol. The van der Waals surface area contributed by atoms with E-state index in [1.165, 1.54) is 24.8 Å². The number of hydrogen-bond acceptors (Lipinski definition) is 2. The van der Waals surface area contributed by atoms with Crippen molar-refractivity contribution in [1.82, 2.24) is 0 Å². The molecule has 6 atom stereocenters. The molecule has 0 heterocycles. The van der Waals surface area contributed by atoms with Gasteiger partial charge in [0.05, 0.1) is 6.10 Å². The number of carbonyl (C=O) groups excluding carboxylic acids is 1. The van der Waals surface area contributed by atoms with E-state index in [-0.39, 0.29) is 22.9 Å². The van der Waals surface area contributed by atoms with Gasteiger partial charge in [-0.15, -0.1) is 0 Å². The number of fused-ring (bicyclic) bond motifs is 3. The molecule has 1 N–H and O–H groups in total. The molecular formula is C18H26O2. The van der Waals surface area contributed by atoms with Crippen LogP contribution in [0.4, 0.5) is 0 Å². The Morgan fingerprint density at radius 2 is 2.15 bits per heavy atom. The summed E-state index contributed by atoms with van der Waals surface area (Å²) in [6.07, 6.45) is 7.98. The molecule has 0 aromatic heterocycles. The lowest BCUT2D eigenvalue weighted by molar-refractivity contribution is -0.176. The van der Waals surface area contributed by atoms with E-state index in [1.54, 1.807) is 0 Å². The Morgan fingerprint density at radius 1 is 1.35 bits per heavy atom. The van der Waals surface area contributed by atoms with Crippen LogP contribution in [-0.2, 0) is 4.79 Å². The van der Waals surface area contributed by atoms with Crippen molar-refractivity contribution in [1.29, 1.82) is 0 Å². The maximum atomic E-state index is 12.4. The second-order valence-electron chi connectivity index (χ2n) is 8.23. The van der Waals surface area contributed by atoms with Gasteiger partial charge in [-0.1, -0.05) is 19.1 Å². The molecule has 4 fully saturated rings. The van der Waals surface area contributed by atoms with E-state index in [9.17, 15) is 9.90 Å². The van der Waals surface area contributed by atoms with Crippen molar-refractivity contribution in [3.05, 3.63) is 12.2 Å². The van der Waals surface area contributed by atoms with Crippen LogP contribution in [-0.4, -0.2) is 17.0 Å². The lowest BCUT2D eigenvalue weighted by Crippen LogP contribution is -2.59. The minimum atomic E-state index is -0.283. The van der Waals surface area contributed by atoms with E-state index >= 15 is 0 Å². The fraction of sp³-hybridized carbons (Fsp3) is 0.833. The fourth-order valence-corrected chi connectivity index (χ4v) is 6.58. The molecule has 4 aliphatic rings. The van der Waals surface area contributed by atoms with E-state index in [1.807, 2.05) is 0 Å². The highest BCUT2D eigenvalue weighted by atomic mass is 16.3. The van der Waals surface area contributed by atoms with Crippen molar-refractivity contribution in [3.63, 3.8) is 0 Å². The maximum absolute atomic E-state index is 12.4. The average molecular weight is 274 g/mol. The monoisotopic (exact) mass is 274 g/mol. The summed E-state index contributed by atoms with van der Waals surface area (Å²) in [4.78, 5) is 12.4. The van der Waals surface area contributed by atoms with E-state index < -0.39 is 0 Å². The number of Topliss-reactive ketones (excluding diaryl/α,β-unsaturated/α-hetero) is 1. The van der Waals surface area contributed by atoms with Crippen LogP contribution < -0.4 is 0 Å². The summed E-state index contributed by atoms with van der Waals surface area (Å²) in [5.74, 6) is 1.71. The number of aliphatic hydroxyl groups excluding tert-OH is 1. The van der Waals surface area contributed by atoms with Crippen LogP contribution in [0.3, 0.4) is 0 Å². The van der Waals surface area contributed by atoms with E-state index in [4.69, 9.17) is 0 Å². The lowest BCUT2D eigenvalue weighted by Gasteiger charge is -2.61. The zero-order chi connectivity index (χ0) is 14.1. The quantitative estimate of drug-likeness (QED) is 0.687. The van der Waals surface area contributed by atoms with E-state index in [2.05, 4.69) is 13.5 Å². The third-order valence-electron chi connectivity index (χ3n) is 7.50. The molecule has 110 valence electrons. The number of ketones is 1. The van der Waals surface area contributed by atoms with E-state index in [0.29, 0.717) is 24.0 Å². The molecule has 4 aliphatic carbocycles. The molecule has 2 bridgehead atoms. The third kappa shape index (κ3) is 1.41. The predicted octanol–water partition coefficient (Wildman–Crippen LogP) is 3.49. The van der Waals surface area contributed by atoms with Crippen LogP contribution in [0.1, 0.15) is 58.3 Å². The summed E-state index contributed by atoms with van der Waals surface area (Å²) < 4.78 is 0. The summed E-state index contributed by atoms with van der Waals surface area (Å²) in [6, 6.07) is 0. The van der Waals surface area contributed by atoms with Crippen molar-refractivity contribution in [2.75, 3.05) is 0 Å². The van der Waals surface area contributed by atoms with Gasteiger partial charge < -0.3 is 5.11 Å². The van der Waals surface area contributed by atoms with Gasteiger partial charge in [0.2, 0.25) is 0 Å². The standard InChI is InChI=1S/C18H26O2/c1-11-9-18-10-12(11)5-6-15(18)17(2)7-3-4-14(19)13(17)8-16(18)20/h12-13,15-16,20H,1,3-10H2,2H3/t12-,13-,15+,16+,17-,18+/m1/s1. The highest BCUT2D eigenvalue weighted by molar-refractivity contribution is 5.83. The topological polar surface area (TPSA) is 37.3 Å². The van der Waals surface area contributed by atoms with Crippen molar-refractivity contribution < 1.29 is 9.90 Å². The molecule has 2 nitrogen and oxygen atoms in total. The van der Waals surface area contributed by atoms with Crippen LogP contribution in [0.25, 0.3) is 0 Å². The van der Waals surface area contributed by atoms with Crippen LogP contribution >= 0.6 is 0 Å². The van der Waals surface area contributed by atoms with Crippen LogP contribution in [0.5, 0.6) is 0 Å².